The topological polar surface area (TPSA) is 173 Å². The molecule has 6 heterocycles. The van der Waals surface area contributed by atoms with Gasteiger partial charge in [-0.15, -0.1) is 0 Å². The van der Waals surface area contributed by atoms with Gasteiger partial charge in [-0.2, -0.15) is 36.7 Å². The van der Waals surface area contributed by atoms with Gasteiger partial charge in [-0.3, -0.25) is 0 Å². The van der Waals surface area contributed by atoms with Crippen LogP contribution in [0.3, 0.4) is 0 Å². The van der Waals surface area contributed by atoms with E-state index in [-0.39, 0.29) is 6.61 Å². The minimum absolute atomic E-state index is 0.0706. The Morgan fingerprint density at radius 2 is 1.60 bits per heavy atom. The number of piperazine rings is 1. The van der Waals surface area contributed by atoms with E-state index in [4.69, 9.17) is 24.5 Å². The van der Waals surface area contributed by atoms with E-state index in [0.717, 1.165) is 19.5 Å². The predicted molar refractivity (Wildman–Crippen MR) is 140 cm³/mol. The first-order valence-electron chi connectivity index (χ1n) is 12.7. The first-order chi connectivity index (χ1) is 20.7. The molecule has 2 atom stereocenters. The fraction of sp³-hybridized carbons (Fsp3) is 0.423. The molecule has 3 fully saturated rings. The van der Waals surface area contributed by atoms with Gasteiger partial charge < -0.3 is 30.3 Å². The van der Waals surface area contributed by atoms with Crippen LogP contribution in [-0.2, 0) is 9.59 Å². The first kappa shape index (κ1) is 34.8. The van der Waals surface area contributed by atoms with E-state index < -0.39 is 35.7 Å². The van der Waals surface area contributed by atoms with Crippen molar-refractivity contribution in [3.8, 4) is 22.9 Å². The van der Waals surface area contributed by atoms with Crippen molar-refractivity contribution in [2.24, 2.45) is 0 Å². The molecule has 2 bridgehead atoms. The molecule has 2 unspecified atom stereocenters. The molecular formula is C26H25F7N6O6. The summed E-state index contributed by atoms with van der Waals surface area (Å²) >= 11 is 0. The number of anilines is 1. The summed E-state index contributed by atoms with van der Waals surface area (Å²) in [5.74, 6) is -5.12. The van der Waals surface area contributed by atoms with Gasteiger partial charge in [0.05, 0.1) is 29.1 Å². The van der Waals surface area contributed by atoms with Crippen molar-refractivity contribution in [3.05, 3.63) is 42.1 Å². The number of carboxylic acids is 2. The molecule has 0 radical (unpaired) electrons. The number of carboxylic acid groups (broad SMARTS) is 2. The molecule has 3 saturated heterocycles. The highest BCUT2D eigenvalue weighted by Gasteiger charge is 2.39. The highest BCUT2D eigenvalue weighted by Crippen LogP contribution is 2.34. The lowest BCUT2D eigenvalue weighted by Gasteiger charge is -2.48. The number of nitriles is 1. The molecule has 4 N–H and O–H groups in total. The Balaban J connectivity index is 0.000000331. The van der Waals surface area contributed by atoms with Crippen LogP contribution in [0.15, 0.2) is 30.7 Å². The molecule has 0 amide bonds. The van der Waals surface area contributed by atoms with Crippen molar-refractivity contribution >= 4 is 23.3 Å². The van der Waals surface area contributed by atoms with Crippen LogP contribution in [0.4, 0.5) is 36.6 Å². The summed E-state index contributed by atoms with van der Waals surface area (Å²) < 4.78 is 85.8. The largest absolute Gasteiger partial charge is 0.490 e. The number of fused-ring (bicyclic) bond motifs is 3. The fourth-order valence-corrected chi connectivity index (χ4v) is 4.23. The molecule has 0 saturated carbocycles. The normalized spacial score (nSPS) is 17.6. The van der Waals surface area contributed by atoms with Crippen LogP contribution < -0.4 is 15.0 Å². The summed E-state index contributed by atoms with van der Waals surface area (Å²) in [6.07, 6.45) is -4.32. The van der Waals surface area contributed by atoms with Crippen molar-refractivity contribution in [1.29, 1.82) is 5.26 Å². The minimum atomic E-state index is -5.08. The van der Waals surface area contributed by atoms with E-state index in [9.17, 15) is 36.7 Å². The fourth-order valence-electron chi connectivity index (χ4n) is 4.23. The Kier molecular flexibility index (Phi) is 10.1. The zero-order valence-corrected chi connectivity index (χ0v) is 23.3. The van der Waals surface area contributed by atoms with Crippen molar-refractivity contribution < 1.29 is 60.4 Å². The lowest BCUT2D eigenvalue weighted by molar-refractivity contribution is -0.193. The van der Waals surface area contributed by atoms with E-state index in [1.807, 2.05) is 4.90 Å². The number of hydrogen-bond acceptors (Lipinski definition) is 9. The van der Waals surface area contributed by atoms with Crippen molar-refractivity contribution in [2.75, 3.05) is 24.6 Å². The van der Waals surface area contributed by atoms with Crippen LogP contribution in [0.2, 0.25) is 0 Å². The van der Waals surface area contributed by atoms with Crippen LogP contribution in [0.5, 0.6) is 5.75 Å². The average molecular weight is 651 g/mol. The van der Waals surface area contributed by atoms with Gasteiger partial charge in [-0.05, 0) is 32.4 Å². The molecule has 19 heteroatoms. The van der Waals surface area contributed by atoms with E-state index in [2.05, 4.69) is 21.5 Å². The maximum atomic E-state index is 15.1. The second kappa shape index (κ2) is 13.1. The molecule has 6 rings (SSSR count). The molecule has 3 aromatic rings. The lowest BCUT2D eigenvalue weighted by Crippen LogP contribution is -2.67. The number of carbonyl (C=O) groups is 2. The Hall–Kier alpha value is -4.70. The Morgan fingerprint density at radius 1 is 1.07 bits per heavy atom. The summed E-state index contributed by atoms with van der Waals surface area (Å²) in [5.41, 5.74) is 1.02. The van der Waals surface area contributed by atoms with Gasteiger partial charge in [-0.25, -0.2) is 23.5 Å². The second-order valence-electron chi connectivity index (χ2n) is 10.5. The molecule has 244 valence electrons. The summed E-state index contributed by atoms with van der Waals surface area (Å²) in [5, 5.41) is 41.4. The zero-order chi connectivity index (χ0) is 33.9. The number of rotatable bonds is 5. The maximum Gasteiger partial charge on any atom is 0.490 e. The molecular weight excluding hydrogens is 625 g/mol. The van der Waals surface area contributed by atoms with E-state index in [1.165, 1.54) is 16.8 Å². The van der Waals surface area contributed by atoms with Gasteiger partial charge in [0.2, 0.25) is 0 Å². The molecule has 3 aromatic heterocycles. The minimum Gasteiger partial charge on any atom is -0.489 e. The van der Waals surface area contributed by atoms with E-state index in [1.54, 1.807) is 32.3 Å². The molecule has 3 aliphatic heterocycles. The van der Waals surface area contributed by atoms with Crippen molar-refractivity contribution in [1.82, 2.24) is 19.9 Å². The number of aromatic nitrogens is 3. The van der Waals surface area contributed by atoms with Gasteiger partial charge in [0, 0.05) is 42.5 Å². The van der Waals surface area contributed by atoms with Gasteiger partial charge >= 0.3 is 24.3 Å². The summed E-state index contributed by atoms with van der Waals surface area (Å²) in [4.78, 5) is 24.2. The summed E-state index contributed by atoms with van der Waals surface area (Å²) in [6.45, 7) is 4.84. The molecule has 3 aliphatic rings. The molecule has 0 aliphatic carbocycles. The van der Waals surface area contributed by atoms with Gasteiger partial charge in [-0.1, -0.05) is 0 Å². The number of aliphatic carboxylic acids is 2. The summed E-state index contributed by atoms with van der Waals surface area (Å²) in [7, 11) is 0. The van der Waals surface area contributed by atoms with Crippen molar-refractivity contribution in [2.45, 2.75) is 50.3 Å². The predicted octanol–water partition coefficient (Wildman–Crippen LogP) is 3.37. The smallest absolute Gasteiger partial charge is 0.489 e. The van der Waals surface area contributed by atoms with Crippen LogP contribution in [0, 0.1) is 17.1 Å². The lowest BCUT2D eigenvalue weighted by atomic mass is 9.91. The number of pyridine rings is 2. The van der Waals surface area contributed by atoms with Crippen LogP contribution >= 0.6 is 0 Å². The third kappa shape index (κ3) is 9.15. The molecule has 12 nitrogen and oxygen atoms in total. The first-order valence-corrected chi connectivity index (χ1v) is 12.7. The quantitative estimate of drug-likeness (QED) is 0.298. The van der Waals surface area contributed by atoms with Crippen molar-refractivity contribution in [3.63, 3.8) is 0 Å². The number of ether oxygens (including phenoxy) is 1. The standard InChI is InChI=1S/C22H23FN6O2.2C2HF3O2/c1-22(2,30)12-31-17-5-18(20-14(6-24)8-26-29(20)11-17)13-3-19(23)21(25-7-13)28-9-15-4-16(10-28)27-15;2*3-2(4,5)1(6)7/h3,5,7-8,11,15-16,27,30H,4,9-10,12H2,1-2H3;2*(H,6,7). The molecule has 45 heavy (non-hydrogen) atoms. The van der Waals surface area contributed by atoms with Gasteiger partial charge in [0.15, 0.2) is 11.6 Å². The number of halogens is 7. The number of nitrogens with one attached hydrogen (secondary N) is 1. The van der Waals surface area contributed by atoms with Gasteiger partial charge in [0.25, 0.3) is 0 Å². The number of nitrogens with zero attached hydrogens (tertiary/aromatic N) is 5. The Morgan fingerprint density at radius 3 is 2.04 bits per heavy atom. The average Bonchev–Trinajstić information content (AvgIpc) is 3.33. The summed E-state index contributed by atoms with van der Waals surface area (Å²) in [6, 6.07) is 6.09. The van der Waals surface area contributed by atoms with Crippen LogP contribution in [0.25, 0.3) is 16.6 Å². The number of hydrogen-bond donors (Lipinski definition) is 4. The van der Waals surface area contributed by atoms with Gasteiger partial charge in [0.1, 0.15) is 18.4 Å². The molecule has 0 spiro atoms. The monoisotopic (exact) mass is 650 g/mol. The third-order valence-electron chi connectivity index (χ3n) is 6.14. The Labute approximate surface area is 249 Å². The highest BCUT2D eigenvalue weighted by atomic mass is 19.4. The number of aliphatic hydroxyl groups is 1. The number of piperidine rings is 1. The van der Waals surface area contributed by atoms with E-state index in [0.29, 0.717) is 45.9 Å². The number of alkyl halides is 6. The maximum absolute atomic E-state index is 15.1. The Bertz CT molecular complexity index is 1560. The SMILES string of the molecule is CC(C)(O)COc1cc(-c2cnc(N3CC4CC(C3)N4)c(F)c2)c2c(C#N)cnn2c1.O=C(O)C(F)(F)F.O=C(O)C(F)(F)F. The zero-order valence-electron chi connectivity index (χ0n) is 23.3. The van der Waals surface area contributed by atoms with Crippen LogP contribution in [-0.4, -0.2) is 91.6 Å². The van der Waals surface area contributed by atoms with E-state index >= 15 is 4.39 Å². The van der Waals surface area contributed by atoms with Crippen LogP contribution in [0.1, 0.15) is 25.8 Å². The second-order valence-corrected chi connectivity index (χ2v) is 10.5. The third-order valence-corrected chi connectivity index (χ3v) is 6.14. The highest BCUT2D eigenvalue weighted by molar-refractivity contribution is 5.85. The molecule has 0 aromatic carbocycles.